The minimum Gasteiger partial charge on any atom is -0.508 e. The number of pyridine rings is 1. The molecule has 5 nitrogen and oxygen atoms in total. The number of amides is 1. The molecule has 0 fully saturated rings. The first kappa shape index (κ1) is 14.7. The predicted octanol–water partition coefficient (Wildman–Crippen LogP) is 3.01. The summed E-state index contributed by atoms with van der Waals surface area (Å²) >= 11 is 0. The zero-order valence-electron chi connectivity index (χ0n) is 12.5. The van der Waals surface area contributed by atoms with E-state index >= 15 is 0 Å². The molecule has 114 valence electrons. The van der Waals surface area contributed by atoms with Gasteiger partial charge in [0.2, 0.25) is 0 Å². The summed E-state index contributed by atoms with van der Waals surface area (Å²) < 4.78 is 0. The Hall–Kier alpha value is -3.21. The number of phenols is 1. The van der Waals surface area contributed by atoms with Gasteiger partial charge in [-0.15, -0.1) is 0 Å². The van der Waals surface area contributed by atoms with Crippen LogP contribution in [0.15, 0.2) is 59.7 Å². The zero-order valence-corrected chi connectivity index (χ0v) is 12.5. The lowest BCUT2D eigenvalue weighted by Gasteiger charge is -2.06. The summed E-state index contributed by atoms with van der Waals surface area (Å²) in [5.74, 6) is -0.105. The highest BCUT2D eigenvalue weighted by Crippen LogP contribution is 2.18. The van der Waals surface area contributed by atoms with Crippen LogP contribution in [0.5, 0.6) is 5.75 Å². The lowest BCUT2D eigenvalue weighted by atomic mass is 10.1. The quantitative estimate of drug-likeness (QED) is 0.577. The topological polar surface area (TPSA) is 74.6 Å². The van der Waals surface area contributed by atoms with Crippen molar-refractivity contribution in [1.29, 1.82) is 0 Å². The minimum absolute atomic E-state index is 0.185. The first-order valence-corrected chi connectivity index (χ1v) is 7.12. The second-order valence-corrected chi connectivity index (χ2v) is 5.12. The molecule has 0 aliphatic rings. The first-order chi connectivity index (χ1) is 11.1. The molecule has 1 heterocycles. The van der Waals surface area contributed by atoms with Crippen LogP contribution in [0.1, 0.15) is 21.6 Å². The molecule has 23 heavy (non-hydrogen) atoms. The fourth-order valence-electron chi connectivity index (χ4n) is 2.28. The number of nitrogens with zero attached hydrogens (tertiary/aromatic N) is 2. The van der Waals surface area contributed by atoms with E-state index in [1.807, 2.05) is 31.2 Å². The van der Waals surface area contributed by atoms with E-state index < -0.39 is 0 Å². The molecule has 1 aromatic heterocycles. The molecule has 0 aliphatic carbocycles. The smallest absolute Gasteiger partial charge is 0.272 e. The van der Waals surface area contributed by atoms with E-state index in [2.05, 4.69) is 15.5 Å². The van der Waals surface area contributed by atoms with Crippen molar-refractivity contribution in [2.45, 2.75) is 6.92 Å². The van der Waals surface area contributed by atoms with Gasteiger partial charge in [-0.2, -0.15) is 5.10 Å². The molecule has 0 saturated heterocycles. The maximum atomic E-state index is 12.4. The first-order valence-electron chi connectivity index (χ1n) is 7.12. The number of carbonyl (C=O) groups excluding carboxylic acids is 1. The summed E-state index contributed by atoms with van der Waals surface area (Å²) in [5, 5.41) is 14.0. The molecular weight excluding hydrogens is 290 g/mol. The Morgan fingerprint density at radius 2 is 1.91 bits per heavy atom. The number of fused-ring (bicyclic) bond motifs is 1. The normalized spacial score (nSPS) is 11.0. The average Bonchev–Trinajstić information content (AvgIpc) is 2.55. The van der Waals surface area contributed by atoms with Crippen LogP contribution in [0.2, 0.25) is 0 Å². The number of phenolic OH excluding ortho intramolecular Hbond substituents is 1. The fraction of sp³-hybridized carbons (Fsp3) is 0.0556. The van der Waals surface area contributed by atoms with Gasteiger partial charge in [-0.3, -0.25) is 9.78 Å². The van der Waals surface area contributed by atoms with E-state index in [1.165, 1.54) is 6.21 Å². The van der Waals surface area contributed by atoms with Crippen molar-refractivity contribution in [2.24, 2.45) is 5.10 Å². The van der Waals surface area contributed by atoms with Crippen LogP contribution in [0.3, 0.4) is 0 Å². The summed E-state index contributed by atoms with van der Waals surface area (Å²) in [5.41, 5.74) is 5.39. The van der Waals surface area contributed by atoms with Gasteiger partial charge in [-0.1, -0.05) is 18.2 Å². The predicted molar refractivity (Wildman–Crippen MR) is 89.6 cm³/mol. The number of benzene rings is 2. The Morgan fingerprint density at radius 3 is 2.70 bits per heavy atom. The number of nitrogens with one attached hydrogen (secondary N) is 1. The number of para-hydroxylation sites is 1. The molecule has 0 atom stereocenters. The Bertz CT molecular complexity index is 886. The Labute approximate surface area is 133 Å². The standard InChI is InChI=1S/C18H15N3O2/c1-12-10-16(15-4-2-3-5-17(15)20-12)18(23)21-19-11-13-6-8-14(22)9-7-13/h2-11,22H,1H3,(H,21,23)/b19-11+. The average molecular weight is 305 g/mol. The second-order valence-electron chi connectivity index (χ2n) is 5.12. The van der Waals surface area contributed by atoms with E-state index in [4.69, 9.17) is 0 Å². The van der Waals surface area contributed by atoms with Crippen molar-refractivity contribution in [2.75, 3.05) is 0 Å². The van der Waals surface area contributed by atoms with Gasteiger partial charge in [-0.05, 0) is 48.9 Å². The number of aromatic nitrogens is 1. The van der Waals surface area contributed by atoms with Crippen LogP contribution in [0, 0.1) is 6.92 Å². The van der Waals surface area contributed by atoms with E-state index in [0.29, 0.717) is 5.56 Å². The molecule has 3 aromatic rings. The van der Waals surface area contributed by atoms with Crippen molar-refractivity contribution >= 4 is 23.0 Å². The number of aromatic hydroxyl groups is 1. The van der Waals surface area contributed by atoms with Crippen LogP contribution in [-0.2, 0) is 0 Å². The molecule has 0 bridgehead atoms. The van der Waals surface area contributed by atoms with Crippen molar-refractivity contribution in [3.63, 3.8) is 0 Å². The third-order valence-corrected chi connectivity index (χ3v) is 3.36. The molecule has 3 rings (SSSR count). The van der Waals surface area contributed by atoms with E-state index in [9.17, 15) is 9.90 Å². The lowest BCUT2D eigenvalue weighted by Crippen LogP contribution is -2.18. The van der Waals surface area contributed by atoms with Gasteiger partial charge in [0.15, 0.2) is 0 Å². The molecule has 0 aliphatic heterocycles. The highest BCUT2D eigenvalue weighted by molar-refractivity contribution is 6.06. The SMILES string of the molecule is Cc1cc(C(=O)N/N=C/c2ccc(O)cc2)c2ccccc2n1. The maximum Gasteiger partial charge on any atom is 0.272 e. The summed E-state index contributed by atoms with van der Waals surface area (Å²) in [6.45, 7) is 1.85. The summed E-state index contributed by atoms with van der Waals surface area (Å²) in [7, 11) is 0. The van der Waals surface area contributed by atoms with E-state index in [1.54, 1.807) is 30.3 Å². The molecule has 1 amide bonds. The van der Waals surface area contributed by atoms with Gasteiger partial charge in [0.05, 0.1) is 17.3 Å². The number of aryl methyl sites for hydroxylation is 1. The summed E-state index contributed by atoms with van der Waals surface area (Å²) in [6.07, 6.45) is 1.52. The third kappa shape index (κ3) is 3.35. The van der Waals surface area contributed by atoms with Gasteiger partial charge in [0.1, 0.15) is 5.75 Å². The van der Waals surface area contributed by atoms with Crippen molar-refractivity contribution in [3.05, 3.63) is 71.4 Å². The summed E-state index contributed by atoms with van der Waals surface area (Å²) in [6, 6.07) is 15.8. The Balaban J connectivity index is 1.82. The highest BCUT2D eigenvalue weighted by Gasteiger charge is 2.10. The van der Waals surface area contributed by atoms with E-state index in [-0.39, 0.29) is 11.7 Å². The highest BCUT2D eigenvalue weighted by atomic mass is 16.3. The molecule has 5 heteroatoms. The van der Waals surface area contributed by atoms with Crippen molar-refractivity contribution in [3.8, 4) is 5.75 Å². The van der Waals surface area contributed by atoms with Gasteiger partial charge >= 0.3 is 0 Å². The van der Waals surface area contributed by atoms with Gasteiger partial charge in [0, 0.05) is 11.1 Å². The molecule has 0 spiro atoms. The summed E-state index contributed by atoms with van der Waals surface area (Å²) in [4.78, 5) is 16.8. The molecular formula is C18H15N3O2. The van der Waals surface area contributed by atoms with Crippen molar-refractivity contribution in [1.82, 2.24) is 10.4 Å². The molecule has 2 aromatic carbocycles. The lowest BCUT2D eigenvalue weighted by molar-refractivity contribution is 0.0956. The van der Waals surface area contributed by atoms with Crippen molar-refractivity contribution < 1.29 is 9.90 Å². The maximum absolute atomic E-state index is 12.4. The molecule has 2 N–H and O–H groups in total. The number of hydrogen-bond donors (Lipinski definition) is 2. The molecule has 0 saturated carbocycles. The number of hydrazone groups is 1. The van der Waals surface area contributed by atoms with Crippen LogP contribution in [-0.4, -0.2) is 22.2 Å². The van der Waals surface area contributed by atoms with Crippen LogP contribution >= 0.6 is 0 Å². The third-order valence-electron chi connectivity index (χ3n) is 3.36. The Morgan fingerprint density at radius 1 is 1.17 bits per heavy atom. The zero-order chi connectivity index (χ0) is 16.2. The minimum atomic E-state index is -0.290. The number of hydrogen-bond acceptors (Lipinski definition) is 4. The van der Waals surface area contributed by atoms with Gasteiger partial charge in [0.25, 0.3) is 5.91 Å². The van der Waals surface area contributed by atoms with Crippen LogP contribution in [0.4, 0.5) is 0 Å². The Kier molecular flexibility index (Phi) is 4.01. The largest absolute Gasteiger partial charge is 0.508 e. The molecule has 0 radical (unpaired) electrons. The number of carbonyl (C=O) groups is 1. The van der Waals surface area contributed by atoms with Crippen LogP contribution < -0.4 is 5.43 Å². The second kappa shape index (κ2) is 6.27. The van der Waals surface area contributed by atoms with Gasteiger partial charge < -0.3 is 5.11 Å². The molecule has 0 unspecified atom stereocenters. The fourth-order valence-corrected chi connectivity index (χ4v) is 2.28. The monoisotopic (exact) mass is 305 g/mol. The van der Waals surface area contributed by atoms with Gasteiger partial charge in [-0.25, -0.2) is 5.43 Å². The van der Waals surface area contributed by atoms with E-state index in [0.717, 1.165) is 22.2 Å². The number of rotatable bonds is 3. The van der Waals surface area contributed by atoms with Crippen LogP contribution in [0.25, 0.3) is 10.9 Å².